The van der Waals surface area contributed by atoms with E-state index in [9.17, 15) is 14.9 Å². The molecule has 1 amide bonds. The zero-order valence-electron chi connectivity index (χ0n) is 14.6. The van der Waals surface area contributed by atoms with Crippen LogP contribution < -0.4 is 10.2 Å². The van der Waals surface area contributed by atoms with Gasteiger partial charge in [-0.05, 0) is 36.4 Å². The number of methoxy groups -OCH3 is 1. The number of carbonyl (C=O) groups is 1. The number of ether oxygens (including phenoxy) is 1. The van der Waals surface area contributed by atoms with Crippen molar-refractivity contribution in [3.05, 3.63) is 80.5 Å². The second-order valence-corrected chi connectivity index (χ2v) is 6.47. The quantitative estimate of drug-likeness (QED) is 0.345. The van der Waals surface area contributed by atoms with Gasteiger partial charge in [0.15, 0.2) is 0 Å². The maximum absolute atomic E-state index is 12.0. The zero-order chi connectivity index (χ0) is 20.1. The minimum atomic E-state index is -0.500. The van der Waals surface area contributed by atoms with E-state index in [0.29, 0.717) is 28.4 Å². The summed E-state index contributed by atoms with van der Waals surface area (Å²) in [6.45, 7) is 0. The number of non-ortho nitro benzene ring substituents is 1. The summed E-state index contributed by atoms with van der Waals surface area (Å²) in [6.07, 6.45) is 1.36. The fourth-order valence-electron chi connectivity index (χ4n) is 2.41. The average Bonchev–Trinajstić information content (AvgIpc) is 3.16. The summed E-state index contributed by atoms with van der Waals surface area (Å²) < 4.78 is 11.7. The minimum absolute atomic E-state index is 0.0794. The largest absolute Gasteiger partial charge is 0.496 e. The van der Waals surface area contributed by atoms with E-state index in [1.807, 2.05) is 6.07 Å². The van der Waals surface area contributed by atoms with Crippen LogP contribution in [0.15, 0.2) is 68.6 Å². The molecule has 3 aromatic rings. The number of nitrogens with one attached hydrogen (secondary N) is 1. The van der Waals surface area contributed by atoms with E-state index in [1.165, 1.54) is 25.5 Å². The van der Waals surface area contributed by atoms with Crippen LogP contribution >= 0.6 is 15.9 Å². The zero-order valence-corrected chi connectivity index (χ0v) is 16.2. The number of hydrogen-bond acceptors (Lipinski definition) is 6. The molecule has 0 atom stereocenters. The summed E-state index contributed by atoms with van der Waals surface area (Å²) in [5.74, 6) is 0.799. The van der Waals surface area contributed by atoms with Gasteiger partial charge in [-0.2, -0.15) is 5.10 Å². The van der Waals surface area contributed by atoms with Crippen LogP contribution in [0.4, 0.5) is 5.69 Å². The number of carbonyl (C=O) groups excluding carboxylic acids is 1. The van der Waals surface area contributed by atoms with Crippen molar-refractivity contribution in [2.45, 2.75) is 0 Å². The Balaban J connectivity index is 1.73. The van der Waals surface area contributed by atoms with Crippen LogP contribution in [0.5, 0.6) is 5.75 Å². The number of hydrazone groups is 1. The highest BCUT2D eigenvalue weighted by Gasteiger charge is 2.15. The second-order valence-electron chi connectivity index (χ2n) is 5.55. The van der Waals surface area contributed by atoms with E-state index in [2.05, 4.69) is 26.5 Å². The molecule has 2 aromatic carbocycles. The summed E-state index contributed by atoms with van der Waals surface area (Å²) in [7, 11) is 1.42. The SMILES string of the molecule is COc1cc([N+](=O)[O-])ccc1-c1ccc(/C=N\NC(=O)c2cccc(Br)c2)o1. The first-order valence-electron chi connectivity index (χ1n) is 7.99. The van der Waals surface area contributed by atoms with Gasteiger partial charge in [0.2, 0.25) is 0 Å². The minimum Gasteiger partial charge on any atom is -0.496 e. The first-order valence-corrected chi connectivity index (χ1v) is 8.79. The van der Waals surface area contributed by atoms with Crippen molar-refractivity contribution in [1.29, 1.82) is 0 Å². The van der Waals surface area contributed by atoms with Gasteiger partial charge in [0.1, 0.15) is 17.3 Å². The molecule has 0 unspecified atom stereocenters. The Hall–Kier alpha value is -3.46. The summed E-state index contributed by atoms with van der Waals surface area (Å²) in [5.41, 5.74) is 3.36. The van der Waals surface area contributed by atoms with Crippen LogP contribution in [0.2, 0.25) is 0 Å². The Bertz CT molecular complexity index is 1060. The van der Waals surface area contributed by atoms with Crippen LogP contribution in [0.3, 0.4) is 0 Å². The highest BCUT2D eigenvalue weighted by atomic mass is 79.9. The van der Waals surface area contributed by atoms with Gasteiger partial charge in [0.05, 0.1) is 29.9 Å². The Morgan fingerprint density at radius 1 is 1.25 bits per heavy atom. The third kappa shape index (κ3) is 4.44. The number of halogens is 1. The molecule has 0 bridgehead atoms. The summed E-state index contributed by atoms with van der Waals surface area (Å²) in [4.78, 5) is 22.4. The van der Waals surface area contributed by atoms with Gasteiger partial charge < -0.3 is 9.15 Å². The van der Waals surface area contributed by atoms with E-state index in [0.717, 1.165) is 4.47 Å². The van der Waals surface area contributed by atoms with Crippen LogP contribution in [-0.2, 0) is 0 Å². The van der Waals surface area contributed by atoms with Gasteiger partial charge in [-0.25, -0.2) is 5.43 Å². The molecule has 1 aromatic heterocycles. The molecule has 0 saturated carbocycles. The second kappa shape index (κ2) is 8.49. The molecular weight excluding hydrogens is 430 g/mol. The fourth-order valence-corrected chi connectivity index (χ4v) is 2.81. The molecular formula is C19H14BrN3O5. The third-order valence-electron chi connectivity index (χ3n) is 3.73. The van der Waals surface area contributed by atoms with Gasteiger partial charge in [0.25, 0.3) is 11.6 Å². The smallest absolute Gasteiger partial charge is 0.273 e. The van der Waals surface area contributed by atoms with Crippen molar-refractivity contribution in [1.82, 2.24) is 5.43 Å². The van der Waals surface area contributed by atoms with Crippen LogP contribution in [0.1, 0.15) is 16.1 Å². The van der Waals surface area contributed by atoms with Crippen molar-refractivity contribution in [2.75, 3.05) is 7.11 Å². The standard InChI is InChI=1S/C19H14BrN3O5/c1-27-18-10-14(23(25)26)5-7-16(18)17-8-6-15(28-17)11-21-22-19(24)12-3-2-4-13(20)9-12/h2-11H,1H3,(H,22,24)/b21-11-. The highest BCUT2D eigenvalue weighted by Crippen LogP contribution is 2.34. The Morgan fingerprint density at radius 2 is 2.07 bits per heavy atom. The molecule has 0 radical (unpaired) electrons. The number of nitrogens with zero attached hydrogens (tertiary/aromatic N) is 2. The molecule has 8 nitrogen and oxygen atoms in total. The van der Waals surface area contributed by atoms with E-state index in [-0.39, 0.29) is 11.6 Å². The van der Waals surface area contributed by atoms with Crippen LogP contribution in [0.25, 0.3) is 11.3 Å². The molecule has 3 rings (SSSR count). The summed E-state index contributed by atoms with van der Waals surface area (Å²) >= 11 is 3.30. The van der Waals surface area contributed by atoms with Crippen LogP contribution in [0, 0.1) is 10.1 Å². The molecule has 142 valence electrons. The Labute approximate surface area is 168 Å². The molecule has 9 heteroatoms. The van der Waals surface area contributed by atoms with Crippen molar-refractivity contribution < 1.29 is 18.9 Å². The molecule has 0 aliphatic heterocycles. The number of rotatable bonds is 6. The van der Waals surface area contributed by atoms with Gasteiger partial charge in [-0.3, -0.25) is 14.9 Å². The molecule has 0 saturated heterocycles. The summed E-state index contributed by atoms with van der Waals surface area (Å²) in [5, 5.41) is 14.8. The normalized spacial score (nSPS) is 10.8. The van der Waals surface area contributed by atoms with Gasteiger partial charge >= 0.3 is 0 Å². The number of furan rings is 1. The first kappa shape index (κ1) is 19.3. The Morgan fingerprint density at radius 3 is 2.79 bits per heavy atom. The van der Waals surface area contributed by atoms with Gasteiger partial charge in [0, 0.05) is 16.1 Å². The molecule has 28 heavy (non-hydrogen) atoms. The van der Waals surface area contributed by atoms with Gasteiger partial charge in [-0.15, -0.1) is 0 Å². The monoisotopic (exact) mass is 443 g/mol. The number of hydrogen-bond donors (Lipinski definition) is 1. The maximum atomic E-state index is 12.0. The average molecular weight is 444 g/mol. The van der Waals surface area contributed by atoms with E-state index < -0.39 is 4.92 Å². The van der Waals surface area contributed by atoms with Crippen molar-refractivity contribution >= 4 is 33.7 Å². The van der Waals surface area contributed by atoms with Crippen molar-refractivity contribution in [3.8, 4) is 17.1 Å². The summed E-state index contributed by atoms with van der Waals surface area (Å²) in [6, 6.07) is 14.5. The number of nitro benzene ring substituents is 1. The van der Waals surface area contributed by atoms with Gasteiger partial charge in [-0.1, -0.05) is 22.0 Å². The molecule has 0 spiro atoms. The van der Waals surface area contributed by atoms with Crippen molar-refractivity contribution in [3.63, 3.8) is 0 Å². The lowest BCUT2D eigenvalue weighted by molar-refractivity contribution is -0.384. The first-order chi connectivity index (χ1) is 13.5. The highest BCUT2D eigenvalue weighted by molar-refractivity contribution is 9.10. The molecule has 0 aliphatic rings. The molecule has 1 N–H and O–H groups in total. The predicted molar refractivity (Wildman–Crippen MR) is 107 cm³/mol. The Kier molecular flexibility index (Phi) is 5.85. The lowest BCUT2D eigenvalue weighted by atomic mass is 10.1. The number of amides is 1. The maximum Gasteiger partial charge on any atom is 0.273 e. The molecule has 0 aliphatic carbocycles. The van der Waals surface area contributed by atoms with E-state index >= 15 is 0 Å². The lowest BCUT2D eigenvalue weighted by Gasteiger charge is -2.05. The fraction of sp³-hybridized carbons (Fsp3) is 0.0526. The number of benzene rings is 2. The van der Waals surface area contributed by atoms with Crippen LogP contribution in [-0.4, -0.2) is 24.2 Å². The topological polar surface area (TPSA) is 107 Å². The number of nitro groups is 1. The third-order valence-corrected chi connectivity index (χ3v) is 4.23. The lowest BCUT2D eigenvalue weighted by Crippen LogP contribution is -2.17. The molecule has 1 heterocycles. The predicted octanol–water partition coefficient (Wildman–Crippen LogP) is 4.39. The van der Waals surface area contributed by atoms with E-state index in [4.69, 9.17) is 9.15 Å². The molecule has 0 fully saturated rings. The van der Waals surface area contributed by atoms with Crippen molar-refractivity contribution in [2.24, 2.45) is 5.10 Å². The van der Waals surface area contributed by atoms with E-state index in [1.54, 1.807) is 36.4 Å².